The summed E-state index contributed by atoms with van der Waals surface area (Å²) in [5, 5.41) is 4.09. The van der Waals surface area contributed by atoms with E-state index in [1.54, 1.807) is 7.11 Å². The SMILES string of the molecule is CO[C@@H]1CC[C@H]2OCCN(Cc3nc(CC(C)C)no3)[C@@H]2C1. The standard InChI is InChI=1S/C16H27N3O3/c1-11(2)8-15-17-16(22-18-15)10-19-6-7-21-14-5-4-12(20-3)9-13(14)19/h11-14H,4-10H2,1-3H3/t12-,13-,14-/m1/s1. The van der Waals surface area contributed by atoms with Crippen molar-refractivity contribution < 1.29 is 14.0 Å². The number of hydrogen-bond acceptors (Lipinski definition) is 6. The van der Waals surface area contributed by atoms with Gasteiger partial charge in [0.2, 0.25) is 5.89 Å². The lowest BCUT2D eigenvalue weighted by Crippen LogP contribution is -2.54. The maximum absolute atomic E-state index is 5.94. The van der Waals surface area contributed by atoms with Crippen LogP contribution in [0.3, 0.4) is 0 Å². The van der Waals surface area contributed by atoms with Crippen LogP contribution in [0.2, 0.25) is 0 Å². The minimum Gasteiger partial charge on any atom is -0.381 e. The first-order valence-electron chi connectivity index (χ1n) is 8.35. The highest BCUT2D eigenvalue weighted by atomic mass is 16.5. The number of rotatable bonds is 5. The summed E-state index contributed by atoms with van der Waals surface area (Å²) in [5.74, 6) is 2.07. The second-order valence-corrected chi connectivity index (χ2v) is 6.82. The number of methoxy groups -OCH3 is 1. The fraction of sp³-hybridized carbons (Fsp3) is 0.875. The monoisotopic (exact) mass is 309 g/mol. The molecule has 1 aromatic heterocycles. The van der Waals surface area contributed by atoms with Crippen molar-refractivity contribution in [1.82, 2.24) is 15.0 Å². The van der Waals surface area contributed by atoms with Crippen LogP contribution >= 0.6 is 0 Å². The molecule has 1 aliphatic carbocycles. The van der Waals surface area contributed by atoms with Crippen LogP contribution in [0.25, 0.3) is 0 Å². The van der Waals surface area contributed by atoms with E-state index in [9.17, 15) is 0 Å². The predicted molar refractivity (Wildman–Crippen MR) is 81.4 cm³/mol. The summed E-state index contributed by atoms with van der Waals surface area (Å²) in [5.41, 5.74) is 0. The van der Waals surface area contributed by atoms with Crippen molar-refractivity contribution >= 4 is 0 Å². The molecule has 2 aliphatic rings. The minimum atomic E-state index is 0.318. The highest BCUT2D eigenvalue weighted by molar-refractivity contribution is 4.94. The van der Waals surface area contributed by atoms with E-state index in [0.717, 1.165) is 50.6 Å². The first kappa shape index (κ1) is 15.9. The van der Waals surface area contributed by atoms with Crippen LogP contribution in [-0.2, 0) is 22.4 Å². The Morgan fingerprint density at radius 1 is 1.36 bits per heavy atom. The van der Waals surface area contributed by atoms with Gasteiger partial charge >= 0.3 is 0 Å². The van der Waals surface area contributed by atoms with Crippen LogP contribution in [0.1, 0.15) is 44.8 Å². The summed E-state index contributed by atoms with van der Waals surface area (Å²) >= 11 is 0. The molecule has 0 bridgehead atoms. The third-order valence-electron chi connectivity index (χ3n) is 4.66. The van der Waals surface area contributed by atoms with Crippen LogP contribution in [-0.4, -0.2) is 53.6 Å². The Morgan fingerprint density at radius 2 is 2.23 bits per heavy atom. The third-order valence-corrected chi connectivity index (χ3v) is 4.66. The predicted octanol–water partition coefficient (Wildman–Crippen LogP) is 2.04. The molecule has 0 unspecified atom stereocenters. The number of nitrogens with zero attached hydrogens (tertiary/aromatic N) is 3. The lowest BCUT2D eigenvalue weighted by molar-refractivity contribution is -0.117. The van der Waals surface area contributed by atoms with Crippen LogP contribution in [0.4, 0.5) is 0 Å². The molecule has 0 amide bonds. The van der Waals surface area contributed by atoms with Crippen LogP contribution in [0.15, 0.2) is 4.52 Å². The normalized spacial score (nSPS) is 29.7. The van der Waals surface area contributed by atoms with Gasteiger partial charge in [-0.2, -0.15) is 4.98 Å². The number of morpholine rings is 1. The summed E-state index contributed by atoms with van der Waals surface area (Å²) in [7, 11) is 1.80. The van der Waals surface area contributed by atoms with E-state index in [1.165, 1.54) is 0 Å². The Morgan fingerprint density at radius 3 is 3.00 bits per heavy atom. The van der Waals surface area contributed by atoms with E-state index in [0.29, 0.717) is 30.7 Å². The van der Waals surface area contributed by atoms with Gasteiger partial charge in [0.05, 0.1) is 25.4 Å². The summed E-state index contributed by atoms with van der Waals surface area (Å²) in [6.07, 6.45) is 4.70. The quantitative estimate of drug-likeness (QED) is 0.829. The molecule has 0 radical (unpaired) electrons. The Bertz CT molecular complexity index is 477. The Balaban J connectivity index is 1.64. The molecule has 22 heavy (non-hydrogen) atoms. The van der Waals surface area contributed by atoms with E-state index < -0.39 is 0 Å². The van der Waals surface area contributed by atoms with Gasteiger partial charge in [-0.3, -0.25) is 4.90 Å². The largest absolute Gasteiger partial charge is 0.381 e. The average Bonchev–Trinajstić information content (AvgIpc) is 2.93. The first-order chi connectivity index (χ1) is 10.7. The number of fused-ring (bicyclic) bond motifs is 1. The second-order valence-electron chi connectivity index (χ2n) is 6.82. The zero-order valence-electron chi connectivity index (χ0n) is 13.8. The molecule has 1 saturated carbocycles. The van der Waals surface area contributed by atoms with Gasteiger partial charge in [0, 0.05) is 26.1 Å². The fourth-order valence-corrected chi connectivity index (χ4v) is 3.53. The van der Waals surface area contributed by atoms with Crippen molar-refractivity contribution in [1.29, 1.82) is 0 Å². The van der Waals surface area contributed by atoms with Crippen molar-refractivity contribution in [3.63, 3.8) is 0 Å². The van der Waals surface area contributed by atoms with Gasteiger partial charge in [-0.05, 0) is 25.2 Å². The molecule has 6 nitrogen and oxygen atoms in total. The minimum absolute atomic E-state index is 0.318. The fourth-order valence-electron chi connectivity index (χ4n) is 3.53. The van der Waals surface area contributed by atoms with E-state index in [4.69, 9.17) is 14.0 Å². The number of aromatic nitrogens is 2. The Labute approximate surface area is 132 Å². The van der Waals surface area contributed by atoms with Crippen molar-refractivity contribution in [2.24, 2.45) is 5.92 Å². The highest BCUT2D eigenvalue weighted by Crippen LogP contribution is 2.30. The van der Waals surface area contributed by atoms with Gasteiger partial charge in [-0.15, -0.1) is 0 Å². The molecule has 3 atom stereocenters. The van der Waals surface area contributed by atoms with Gasteiger partial charge in [0.15, 0.2) is 5.82 Å². The molecular formula is C16H27N3O3. The van der Waals surface area contributed by atoms with E-state index in [1.807, 2.05) is 0 Å². The first-order valence-corrected chi connectivity index (χ1v) is 8.35. The van der Waals surface area contributed by atoms with Crippen LogP contribution in [0, 0.1) is 5.92 Å². The van der Waals surface area contributed by atoms with Crippen LogP contribution in [0.5, 0.6) is 0 Å². The van der Waals surface area contributed by atoms with Gasteiger partial charge < -0.3 is 14.0 Å². The van der Waals surface area contributed by atoms with E-state index >= 15 is 0 Å². The number of ether oxygens (including phenoxy) is 2. The smallest absolute Gasteiger partial charge is 0.240 e. The Kier molecular flexibility index (Phi) is 5.10. The lowest BCUT2D eigenvalue weighted by Gasteiger charge is -2.45. The van der Waals surface area contributed by atoms with Crippen molar-refractivity contribution in [2.45, 2.75) is 64.3 Å². The molecule has 0 spiro atoms. The molecule has 0 aromatic carbocycles. The van der Waals surface area contributed by atoms with Crippen LogP contribution < -0.4 is 0 Å². The molecule has 124 valence electrons. The van der Waals surface area contributed by atoms with Crippen molar-refractivity contribution in [3.8, 4) is 0 Å². The topological polar surface area (TPSA) is 60.6 Å². The van der Waals surface area contributed by atoms with Gasteiger partial charge in [0.25, 0.3) is 0 Å². The van der Waals surface area contributed by atoms with Gasteiger partial charge in [-0.1, -0.05) is 19.0 Å². The molecule has 1 saturated heterocycles. The maximum atomic E-state index is 5.94. The highest BCUT2D eigenvalue weighted by Gasteiger charge is 2.38. The van der Waals surface area contributed by atoms with Crippen molar-refractivity contribution in [3.05, 3.63) is 11.7 Å². The Hall–Kier alpha value is -0.980. The molecule has 0 N–H and O–H groups in total. The second kappa shape index (κ2) is 7.06. The lowest BCUT2D eigenvalue weighted by atomic mass is 9.88. The summed E-state index contributed by atoms with van der Waals surface area (Å²) in [6.45, 7) is 6.74. The molecule has 1 aliphatic heterocycles. The van der Waals surface area contributed by atoms with E-state index in [-0.39, 0.29) is 0 Å². The van der Waals surface area contributed by atoms with Crippen molar-refractivity contribution in [2.75, 3.05) is 20.3 Å². The van der Waals surface area contributed by atoms with Gasteiger partial charge in [0.1, 0.15) is 0 Å². The summed E-state index contributed by atoms with van der Waals surface area (Å²) in [4.78, 5) is 6.95. The number of hydrogen-bond donors (Lipinski definition) is 0. The zero-order valence-corrected chi connectivity index (χ0v) is 13.8. The average molecular weight is 309 g/mol. The molecular weight excluding hydrogens is 282 g/mol. The summed E-state index contributed by atoms with van der Waals surface area (Å²) in [6, 6.07) is 0.396. The molecule has 3 rings (SSSR count). The molecule has 6 heteroatoms. The molecule has 2 fully saturated rings. The van der Waals surface area contributed by atoms with Gasteiger partial charge in [-0.25, -0.2) is 0 Å². The third kappa shape index (κ3) is 3.67. The van der Waals surface area contributed by atoms with E-state index in [2.05, 4.69) is 28.9 Å². The molecule has 2 heterocycles. The zero-order chi connectivity index (χ0) is 15.5. The summed E-state index contributed by atoms with van der Waals surface area (Å²) < 4.78 is 16.9. The maximum Gasteiger partial charge on any atom is 0.240 e. The molecule has 1 aromatic rings.